The molecule has 4 nitrogen and oxygen atoms in total. The van der Waals surface area contributed by atoms with Gasteiger partial charge in [-0.1, -0.05) is 6.42 Å². The summed E-state index contributed by atoms with van der Waals surface area (Å²) in [5.41, 5.74) is 1.35. The van der Waals surface area contributed by atoms with E-state index in [0.717, 1.165) is 6.54 Å². The van der Waals surface area contributed by atoms with Crippen LogP contribution in [0.15, 0.2) is 12.3 Å². The molecular formula is C14H24N4. The molecule has 100 valence electrons. The molecule has 0 spiro atoms. The van der Waals surface area contributed by atoms with Crippen molar-refractivity contribution in [1.29, 1.82) is 0 Å². The predicted octanol–water partition coefficient (Wildman–Crippen LogP) is 1.79. The van der Waals surface area contributed by atoms with Gasteiger partial charge in [0.25, 0.3) is 0 Å². The van der Waals surface area contributed by atoms with Crippen LogP contribution < -0.4 is 5.32 Å². The molecule has 0 saturated carbocycles. The second-order valence-corrected chi connectivity index (χ2v) is 6.05. The van der Waals surface area contributed by atoms with Crippen LogP contribution in [-0.2, 0) is 6.54 Å². The van der Waals surface area contributed by atoms with Crippen molar-refractivity contribution in [3.05, 3.63) is 18.0 Å². The minimum Gasteiger partial charge on any atom is -0.309 e. The summed E-state index contributed by atoms with van der Waals surface area (Å²) >= 11 is 0. The van der Waals surface area contributed by atoms with Crippen molar-refractivity contribution in [2.45, 2.75) is 57.8 Å². The Bertz CT molecular complexity index is 386. The van der Waals surface area contributed by atoms with E-state index in [9.17, 15) is 0 Å². The van der Waals surface area contributed by atoms with Crippen molar-refractivity contribution >= 4 is 0 Å². The maximum atomic E-state index is 4.43. The number of piperidine rings is 1. The number of likely N-dealkylation sites (tertiary alicyclic amines) is 1. The summed E-state index contributed by atoms with van der Waals surface area (Å²) in [5.74, 6) is 0. The fourth-order valence-corrected chi connectivity index (χ4v) is 3.39. The van der Waals surface area contributed by atoms with E-state index in [1.807, 2.05) is 6.20 Å². The predicted molar refractivity (Wildman–Crippen MR) is 72.5 cm³/mol. The molecule has 2 unspecified atom stereocenters. The quantitative estimate of drug-likeness (QED) is 0.885. The maximum absolute atomic E-state index is 4.43. The Morgan fingerprint density at radius 3 is 2.72 bits per heavy atom. The first kappa shape index (κ1) is 12.2. The average molecular weight is 248 g/mol. The van der Waals surface area contributed by atoms with E-state index in [1.165, 1.54) is 38.0 Å². The maximum Gasteiger partial charge on any atom is 0.0527 e. The zero-order valence-corrected chi connectivity index (χ0v) is 11.5. The van der Waals surface area contributed by atoms with Gasteiger partial charge >= 0.3 is 0 Å². The van der Waals surface area contributed by atoms with Gasteiger partial charge in [-0.25, -0.2) is 0 Å². The van der Waals surface area contributed by atoms with Crippen LogP contribution in [0.3, 0.4) is 0 Å². The molecule has 2 fully saturated rings. The smallest absolute Gasteiger partial charge is 0.0527 e. The molecule has 3 heterocycles. The standard InChI is InChI=1S/C14H24N4/c1-11(2)18-14(6-7-15-18)10-17-8-12-4-3-5-13(9-17)16-12/h6-7,11-13,16H,3-5,8-10H2,1-2H3. The third kappa shape index (κ3) is 2.45. The minimum absolute atomic E-state index is 0.456. The topological polar surface area (TPSA) is 33.1 Å². The molecule has 0 aromatic carbocycles. The van der Waals surface area contributed by atoms with Gasteiger partial charge in [-0.2, -0.15) is 5.10 Å². The summed E-state index contributed by atoms with van der Waals surface area (Å²) in [5, 5.41) is 8.16. The molecule has 2 aliphatic heterocycles. The molecule has 3 rings (SSSR count). The molecule has 1 aromatic heterocycles. The fraction of sp³-hybridized carbons (Fsp3) is 0.786. The lowest BCUT2D eigenvalue weighted by molar-refractivity contribution is 0.116. The number of hydrogen-bond acceptors (Lipinski definition) is 3. The Hall–Kier alpha value is -0.870. The number of rotatable bonds is 3. The number of piperazine rings is 1. The van der Waals surface area contributed by atoms with Crippen LogP contribution in [-0.4, -0.2) is 39.9 Å². The normalized spacial score (nSPS) is 28.8. The first-order valence-corrected chi connectivity index (χ1v) is 7.23. The second-order valence-electron chi connectivity index (χ2n) is 6.05. The van der Waals surface area contributed by atoms with Crippen LogP contribution >= 0.6 is 0 Å². The molecule has 2 bridgehead atoms. The summed E-state index contributed by atoms with van der Waals surface area (Å²) in [4.78, 5) is 2.60. The highest BCUT2D eigenvalue weighted by atomic mass is 15.3. The van der Waals surface area contributed by atoms with Gasteiger partial charge in [0.05, 0.1) is 5.69 Å². The van der Waals surface area contributed by atoms with Gasteiger partial charge in [0.1, 0.15) is 0 Å². The lowest BCUT2D eigenvalue weighted by Crippen LogP contribution is -2.58. The first-order valence-electron chi connectivity index (χ1n) is 7.23. The van der Waals surface area contributed by atoms with Gasteiger partial charge in [0.15, 0.2) is 0 Å². The number of fused-ring (bicyclic) bond motifs is 2. The molecule has 0 radical (unpaired) electrons. The molecule has 0 amide bonds. The number of nitrogens with zero attached hydrogens (tertiary/aromatic N) is 3. The molecule has 1 aromatic rings. The second kappa shape index (κ2) is 5.02. The molecule has 2 atom stereocenters. The number of aromatic nitrogens is 2. The van der Waals surface area contributed by atoms with Gasteiger partial charge in [-0.15, -0.1) is 0 Å². The lowest BCUT2D eigenvalue weighted by Gasteiger charge is -2.42. The third-order valence-corrected chi connectivity index (χ3v) is 4.16. The zero-order valence-electron chi connectivity index (χ0n) is 11.5. The van der Waals surface area contributed by atoms with Crippen LogP contribution in [0.25, 0.3) is 0 Å². The van der Waals surface area contributed by atoms with Crippen molar-refractivity contribution < 1.29 is 0 Å². The summed E-state index contributed by atoms with van der Waals surface area (Å²) in [6.45, 7) is 7.83. The van der Waals surface area contributed by atoms with Crippen LogP contribution in [0.1, 0.15) is 44.8 Å². The van der Waals surface area contributed by atoms with Gasteiger partial charge in [0.2, 0.25) is 0 Å². The van der Waals surface area contributed by atoms with E-state index >= 15 is 0 Å². The summed E-state index contributed by atoms with van der Waals surface area (Å²) in [6.07, 6.45) is 6.02. The van der Waals surface area contributed by atoms with Gasteiger partial charge < -0.3 is 5.32 Å². The van der Waals surface area contributed by atoms with E-state index in [0.29, 0.717) is 18.1 Å². The van der Waals surface area contributed by atoms with Gasteiger partial charge in [0, 0.05) is 44.0 Å². The summed E-state index contributed by atoms with van der Waals surface area (Å²) in [6, 6.07) is 4.05. The molecule has 18 heavy (non-hydrogen) atoms. The monoisotopic (exact) mass is 248 g/mol. The zero-order chi connectivity index (χ0) is 12.5. The van der Waals surface area contributed by atoms with Gasteiger partial charge in [-0.05, 0) is 32.8 Å². The van der Waals surface area contributed by atoms with Gasteiger partial charge in [-0.3, -0.25) is 9.58 Å². The fourth-order valence-electron chi connectivity index (χ4n) is 3.39. The Morgan fingerprint density at radius 2 is 2.06 bits per heavy atom. The van der Waals surface area contributed by atoms with E-state index in [-0.39, 0.29) is 0 Å². The van der Waals surface area contributed by atoms with E-state index < -0.39 is 0 Å². The molecule has 0 aliphatic carbocycles. The van der Waals surface area contributed by atoms with Crippen LogP contribution in [0.4, 0.5) is 0 Å². The molecule has 4 heteroatoms. The summed E-state index contributed by atoms with van der Waals surface area (Å²) < 4.78 is 2.15. The van der Waals surface area contributed by atoms with E-state index in [1.54, 1.807) is 0 Å². The Labute approximate surface area is 109 Å². The first-order chi connectivity index (χ1) is 8.72. The van der Waals surface area contributed by atoms with Crippen LogP contribution in [0.5, 0.6) is 0 Å². The van der Waals surface area contributed by atoms with Crippen molar-refractivity contribution in [2.75, 3.05) is 13.1 Å². The van der Waals surface area contributed by atoms with Crippen molar-refractivity contribution in [3.63, 3.8) is 0 Å². The van der Waals surface area contributed by atoms with E-state index in [2.05, 4.69) is 39.9 Å². The van der Waals surface area contributed by atoms with Crippen molar-refractivity contribution in [1.82, 2.24) is 20.0 Å². The SMILES string of the molecule is CC(C)n1nccc1CN1CC2CCCC(C1)N2. The largest absolute Gasteiger partial charge is 0.309 e. The molecule has 1 N–H and O–H groups in total. The van der Waals surface area contributed by atoms with Crippen molar-refractivity contribution in [3.8, 4) is 0 Å². The Kier molecular flexibility index (Phi) is 3.39. The Balaban J connectivity index is 1.67. The van der Waals surface area contributed by atoms with Crippen LogP contribution in [0.2, 0.25) is 0 Å². The molecule has 2 saturated heterocycles. The number of hydrogen-bond donors (Lipinski definition) is 1. The summed E-state index contributed by atoms with van der Waals surface area (Å²) in [7, 11) is 0. The number of nitrogens with one attached hydrogen (secondary N) is 1. The highest BCUT2D eigenvalue weighted by Crippen LogP contribution is 2.21. The molecular weight excluding hydrogens is 224 g/mol. The average Bonchev–Trinajstić information content (AvgIpc) is 2.76. The highest BCUT2D eigenvalue weighted by molar-refractivity contribution is 5.03. The molecule has 2 aliphatic rings. The lowest BCUT2D eigenvalue weighted by atomic mass is 9.94. The third-order valence-electron chi connectivity index (χ3n) is 4.16. The Morgan fingerprint density at radius 1 is 1.33 bits per heavy atom. The highest BCUT2D eigenvalue weighted by Gasteiger charge is 2.29. The van der Waals surface area contributed by atoms with Crippen LogP contribution in [0, 0.1) is 0 Å². The van der Waals surface area contributed by atoms with Crippen molar-refractivity contribution in [2.24, 2.45) is 0 Å². The minimum atomic E-state index is 0.456. The van der Waals surface area contributed by atoms with E-state index in [4.69, 9.17) is 0 Å².